The number of fused-ring (bicyclic) bond motifs is 1. The first-order valence-electron chi connectivity index (χ1n) is 8.01. The summed E-state index contributed by atoms with van der Waals surface area (Å²) in [6.07, 6.45) is -0.999. The van der Waals surface area contributed by atoms with E-state index in [1.54, 1.807) is 24.2 Å². The average Bonchev–Trinajstić information content (AvgIpc) is 3.07. The lowest BCUT2D eigenvalue weighted by molar-refractivity contribution is -0.137. The molecule has 2 aromatic heterocycles. The smallest absolute Gasteiger partial charge is 0.416 e. The molecule has 0 unspecified atom stereocenters. The van der Waals surface area contributed by atoms with Gasteiger partial charge in [0.2, 0.25) is 0 Å². The molecule has 0 atom stereocenters. The predicted molar refractivity (Wildman–Crippen MR) is 105 cm³/mol. The van der Waals surface area contributed by atoms with Crippen molar-refractivity contribution in [2.24, 2.45) is 0 Å². The molecule has 0 aliphatic rings. The van der Waals surface area contributed by atoms with Gasteiger partial charge < -0.3 is 9.73 Å². The van der Waals surface area contributed by atoms with Gasteiger partial charge in [-0.05, 0) is 64.5 Å². The van der Waals surface area contributed by atoms with Crippen LogP contribution in [-0.2, 0) is 6.18 Å². The van der Waals surface area contributed by atoms with Crippen molar-refractivity contribution in [1.29, 1.82) is 0 Å². The van der Waals surface area contributed by atoms with Gasteiger partial charge >= 0.3 is 6.18 Å². The van der Waals surface area contributed by atoms with E-state index in [-0.39, 0.29) is 16.1 Å². The number of hydrogen-bond acceptors (Lipinski definition) is 5. The first kappa shape index (κ1) is 18.8. The molecule has 28 heavy (non-hydrogen) atoms. The molecule has 142 valence electrons. The van der Waals surface area contributed by atoms with E-state index in [2.05, 4.69) is 31.2 Å². The van der Waals surface area contributed by atoms with Crippen molar-refractivity contribution in [3.05, 3.63) is 71.0 Å². The predicted octanol–water partition coefficient (Wildman–Crippen LogP) is 6.90. The lowest BCUT2D eigenvalue weighted by Gasteiger charge is -2.06. The zero-order valence-corrected chi connectivity index (χ0v) is 16.4. The van der Waals surface area contributed by atoms with Crippen LogP contribution in [0.4, 0.5) is 24.9 Å². The third-order valence-corrected chi connectivity index (χ3v) is 5.39. The largest absolute Gasteiger partial charge is 0.423 e. The van der Waals surface area contributed by atoms with Crippen LogP contribution in [0.5, 0.6) is 0 Å². The lowest BCUT2D eigenvalue weighted by Crippen LogP contribution is -2.04. The Kier molecular flexibility index (Phi) is 5.03. The van der Waals surface area contributed by atoms with Gasteiger partial charge in [-0.1, -0.05) is 11.8 Å². The number of pyridine rings is 1. The van der Waals surface area contributed by atoms with Crippen molar-refractivity contribution >= 4 is 50.5 Å². The number of benzene rings is 2. The molecule has 0 bridgehead atoms. The molecular formula is C19H11BrF3N3OS. The van der Waals surface area contributed by atoms with Crippen LogP contribution in [-0.4, -0.2) is 9.97 Å². The molecule has 4 aromatic rings. The summed E-state index contributed by atoms with van der Waals surface area (Å²) in [5.41, 5.74) is 0.277. The number of oxazole rings is 1. The number of hydrogen-bond donors (Lipinski definition) is 1. The van der Waals surface area contributed by atoms with Crippen molar-refractivity contribution in [3.8, 4) is 0 Å². The summed E-state index contributed by atoms with van der Waals surface area (Å²) >= 11 is 4.72. The van der Waals surface area contributed by atoms with Crippen LogP contribution < -0.4 is 5.32 Å². The van der Waals surface area contributed by atoms with E-state index >= 15 is 0 Å². The molecule has 4 nitrogen and oxygen atoms in total. The summed E-state index contributed by atoms with van der Waals surface area (Å²) in [6.45, 7) is 0. The molecule has 0 amide bonds. The van der Waals surface area contributed by atoms with Gasteiger partial charge in [0.25, 0.3) is 6.01 Å². The minimum atomic E-state index is -4.46. The minimum Gasteiger partial charge on any atom is -0.423 e. The van der Waals surface area contributed by atoms with Crippen molar-refractivity contribution in [1.82, 2.24) is 9.97 Å². The molecule has 0 saturated carbocycles. The monoisotopic (exact) mass is 465 g/mol. The Morgan fingerprint density at radius 1 is 0.964 bits per heavy atom. The van der Waals surface area contributed by atoms with Gasteiger partial charge in [0.15, 0.2) is 5.58 Å². The van der Waals surface area contributed by atoms with Gasteiger partial charge in [-0.2, -0.15) is 18.2 Å². The van der Waals surface area contributed by atoms with E-state index < -0.39 is 11.7 Å². The average molecular weight is 466 g/mol. The molecule has 9 heteroatoms. The van der Waals surface area contributed by atoms with Gasteiger partial charge in [0.1, 0.15) is 5.52 Å². The number of nitrogens with one attached hydrogen (secondary N) is 1. The van der Waals surface area contributed by atoms with Crippen LogP contribution in [0.25, 0.3) is 11.1 Å². The maximum atomic E-state index is 12.9. The van der Waals surface area contributed by atoms with Crippen LogP contribution in [0.1, 0.15) is 5.56 Å². The first-order chi connectivity index (χ1) is 13.4. The zero-order valence-electron chi connectivity index (χ0n) is 14.0. The Bertz CT molecular complexity index is 1120. The number of nitrogens with zero attached hydrogens (tertiary/aromatic N) is 2. The van der Waals surface area contributed by atoms with Crippen LogP contribution >= 0.6 is 27.7 Å². The fraction of sp³-hybridized carbons (Fsp3) is 0.0526. The summed E-state index contributed by atoms with van der Waals surface area (Å²) < 4.78 is 44.5. The topological polar surface area (TPSA) is 51.0 Å². The van der Waals surface area contributed by atoms with Crippen molar-refractivity contribution in [2.75, 3.05) is 5.32 Å². The quantitative estimate of drug-likeness (QED) is 0.355. The Labute approximate surface area is 170 Å². The van der Waals surface area contributed by atoms with Gasteiger partial charge in [-0.25, -0.2) is 0 Å². The van der Waals surface area contributed by atoms with Crippen molar-refractivity contribution in [2.45, 2.75) is 16.0 Å². The molecule has 2 heterocycles. The molecule has 1 N–H and O–H groups in total. The van der Waals surface area contributed by atoms with E-state index in [9.17, 15) is 13.2 Å². The summed E-state index contributed by atoms with van der Waals surface area (Å²) in [5, 5.41) is 2.97. The summed E-state index contributed by atoms with van der Waals surface area (Å²) in [6, 6.07) is 13.4. The zero-order chi connectivity index (χ0) is 19.7. The van der Waals surface area contributed by atoms with Gasteiger partial charge in [0.05, 0.1) is 5.56 Å². The molecule has 0 fully saturated rings. The molecule has 0 aliphatic heterocycles. The standard InChI is InChI=1S/C19H11BrF3N3OS/c20-15-9-11(19(21,22)23)10-16-17(15)26-18(27-16)25-12-1-3-13(4-2-12)28-14-5-7-24-8-6-14/h1-10H,(H,25,26). The summed E-state index contributed by atoms with van der Waals surface area (Å²) in [5.74, 6) is 0. The van der Waals surface area contributed by atoms with Gasteiger partial charge in [0, 0.05) is 32.3 Å². The third kappa shape index (κ3) is 4.15. The fourth-order valence-electron chi connectivity index (χ4n) is 2.48. The molecular weight excluding hydrogens is 455 g/mol. The van der Waals surface area contributed by atoms with Gasteiger partial charge in [-0.3, -0.25) is 4.98 Å². The Morgan fingerprint density at radius 2 is 1.64 bits per heavy atom. The molecule has 0 spiro atoms. The van der Waals surface area contributed by atoms with Crippen LogP contribution in [0.15, 0.2) is 79.6 Å². The maximum absolute atomic E-state index is 12.9. The molecule has 4 rings (SSSR count). The number of aromatic nitrogens is 2. The van der Waals surface area contributed by atoms with Crippen molar-refractivity contribution < 1.29 is 17.6 Å². The minimum absolute atomic E-state index is 0.0501. The lowest BCUT2D eigenvalue weighted by atomic mass is 10.2. The highest BCUT2D eigenvalue weighted by Gasteiger charge is 2.32. The fourth-order valence-corrected chi connectivity index (χ4v) is 3.81. The van der Waals surface area contributed by atoms with Crippen molar-refractivity contribution in [3.63, 3.8) is 0 Å². The van der Waals surface area contributed by atoms with E-state index in [0.717, 1.165) is 21.9 Å². The normalized spacial score (nSPS) is 11.7. The highest BCUT2D eigenvalue weighted by atomic mass is 79.9. The van der Waals surface area contributed by atoms with E-state index in [1.165, 1.54) is 0 Å². The van der Waals surface area contributed by atoms with Crippen LogP contribution in [0, 0.1) is 0 Å². The highest BCUT2D eigenvalue weighted by molar-refractivity contribution is 9.10. The maximum Gasteiger partial charge on any atom is 0.416 e. The van der Waals surface area contributed by atoms with Gasteiger partial charge in [-0.15, -0.1) is 0 Å². The SMILES string of the molecule is FC(F)(F)c1cc(Br)c2nc(Nc3ccc(Sc4ccncc4)cc3)oc2c1. The molecule has 2 aromatic carbocycles. The second-order valence-corrected chi connectivity index (χ2v) is 7.76. The Morgan fingerprint density at radius 3 is 2.32 bits per heavy atom. The number of alkyl halides is 3. The summed E-state index contributed by atoms with van der Waals surface area (Å²) in [4.78, 5) is 10.3. The second-order valence-electron chi connectivity index (χ2n) is 5.76. The number of halogens is 4. The Hall–Kier alpha value is -2.52. The molecule has 0 aliphatic carbocycles. The number of rotatable bonds is 4. The number of anilines is 2. The second kappa shape index (κ2) is 7.48. The van der Waals surface area contributed by atoms with E-state index in [1.807, 2.05) is 36.4 Å². The third-order valence-electron chi connectivity index (χ3n) is 3.77. The molecule has 0 saturated heterocycles. The molecule has 0 radical (unpaired) electrons. The van der Waals surface area contributed by atoms with E-state index in [4.69, 9.17) is 4.42 Å². The highest BCUT2D eigenvalue weighted by Crippen LogP contribution is 2.36. The Balaban J connectivity index is 1.54. The van der Waals surface area contributed by atoms with E-state index in [0.29, 0.717) is 11.2 Å². The van der Waals surface area contributed by atoms with Crippen LogP contribution in [0.3, 0.4) is 0 Å². The first-order valence-corrected chi connectivity index (χ1v) is 9.62. The summed E-state index contributed by atoms with van der Waals surface area (Å²) in [7, 11) is 0. The van der Waals surface area contributed by atoms with Crippen LogP contribution in [0.2, 0.25) is 0 Å².